The summed E-state index contributed by atoms with van der Waals surface area (Å²) in [7, 11) is 3.25. The van der Waals surface area contributed by atoms with Crippen molar-refractivity contribution in [3.8, 4) is 33.9 Å². The van der Waals surface area contributed by atoms with Crippen LogP contribution in [0.2, 0.25) is 0 Å². The van der Waals surface area contributed by atoms with Crippen LogP contribution in [0.25, 0.3) is 22.4 Å². The van der Waals surface area contributed by atoms with Crippen LogP contribution in [0.4, 0.5) is 0 Å². The van der Waals surface area contributed by atoms with Crippen molar-refractivity contribution in [2.75, 3.05) is 33.9 Å². The quantitative estimate of drug-likeness (QED) is 0.392. The van der Waals surface area contributed by atoms with Crippen molar-refractivity contribution in [2.45, 2.75) is 19.9 Å². The summed E-state index contributed by atoms with van der Waals surface area (Å²) in [4.78, 5) is 24.7. The lowest BCUT2D eigenvalue weighted by Gasteiger charge is -2.24. The van der Waals surface area contributed by atoms with Crippen LogP contribution in [0, 0.1) is 0 Å². The molecule has 1 aliphatic rings. The van der Waals surface area contributed by atoms with Gasteiger partial charge in [0, 0.05) is 17.7 Å². The molecular formula is C24H26N2O5S. The first-order valence-corrected chi connectivity index (χ1v) is 11.4. The van der Waals surface area contributed by atoms with Gasteiger partial charge in [0.15, 0.2) is 17.3 Å². The van der Waals surface area contributed by atoms with E-state index in [0.29, 0.717) is 30.3 Å². The lowest BCUT2D eigenvalue weighted by molar-refractivity contribution is -0.141. The molecule has 4 rings (SSSR count). The van der Waals surface area contributed by atoms with Crippen molar-refractivity contribution in [3.05, 3.63) is 46.3 Å². The van der Waals surface area contributed by atoms with Crippen LogP contribution >= 0.6 is 11.3 Å². The average molecular weight is 455 g/mol. The van der Waals surface area contributed by atoms with Crippen LogP contribution in [0.5, 0.6) is 11.5 Å². The van der Waals surface area contributed by atoms with E-state index in [0.717, 1.165) is 34.4 Å². The molecule has 168 valence electrons. The molecule has 0 amide bonds. The topological polar surface area (TPSA) is 78.8 Å². The number of methoxy groups -OCH3 is 2. The predicted octanol–water partition coefficient (Wildman–Crippen LogP) is 3.79. The summed E-state index contributed by atoms with van der Waals surface area (Å²) in [5.74, 6) is 0.913. The SMILES string of the molecule is CCOC(=O)CNCC(=O)c1cc(-c2ccsc2)c2n1CCc1cc(OC)c(OC)cc1-2. The Balaban J connectivity index is 1.74. The molecule has 32 heavy (non-hydrogen) atoms. The van der Waals surface area contributed by atoms with Crippen molar-refractivity contribution in [2.24, 2.45) is 0 Å². The number of ketones is 1. The number of aromatic nitrogens is 1. The van der Waals surface area contributed by atoms with Gasteiger partial charge in [-0.25, -0.2) is 0 Å². The third-order valence-corrected chi connectivity index (χ3v) is 6.23. The van der Waals surface area contributed by atoms with Crippen LogP contribution in [0.1, 0.15) is 23.0 Å². The fourth-order valence-electron chi connectivity index (χ4n) is 4.10. The van der Waals surface area contributed by atoms with Gasteiger partial charge in [-0.05, 0) is 59.5 Å². The number of hydrogen-bond acceptors (Lipinski definition) is 7. The van der Waals surface area contributed by atoms with E-state index in [1.807, 2.05) is 23.6 Å². The second kappa shape index (κ2) is 9.58. The molecule has 1 N–H and O–H groups in total. The summed E-state index contributed by atoms with van der Waals surface area (Å²) < 4.78 is 18.0. The van der Waals surface area contributed by atoms with E-state index in [1.165, 1.54) is 0 Å². The number of nitrogens with zero attached hydrogens (tertiary/aromatic N) is 1. The number of esters is 1. The Morgan fingerprint density at radius 2 is 1.88 bits per heavy atom. The van der Waals surface area contributed by atoms with Crippen molar-refractivity contribution in [1.82, 2.24) is 9.88 Å². The van der Waals surface area contributed by atoms with Gasteiger partial charge in [0.1, 0.15) is 0 Å². The number of carbonyl (C=O) groups excluding carboxylic acids is 2. The second-order valence-electron chi connectivity index (χ2n) is 7.40. The average Bonchev–Trinajstić information content (AvgIpc) is 3.46. The predicted molar refractivity (Wildman–Crippen MR) is 124 cm³/mol. The third-order valence-electron chi connectivity index (χ3n) is 5.54. The maximum Gasteiger partial charge on any atom is 0.319 e. The Hall–Kier alpha value is -3.10. The fraction of sp³-hybridized carbons (Fsp3) is 0.333. The minimum absolute atomic E-state index is 0.00433. The number of carbonyl (C=O) groups is 2. The van der Waals surface area contributed by atoms with Gasteiger partial charge in [0.25, 0.3) is 0 Å². The fourth-order valence-corrected chi connectivity index (χ4v) is 4.76. The first kappa shape index (κ1) is 22.1. The van der Waals surface area contributed by atoms with Crippen LogP contribution in [0.15, 0.2) is 35.0 Å². The van der Waals surface area contributed by atoms with E-state index in [9.17, 15) is 9.59 Å². The summed E-state index contributed by atoms with van der Waals surface area (Å²) >= 11 is 1.62. The summed E-state index contributed by atoms with van der Waals surface area (Å²) in [5, 5.41) is 7.01. The van der Waals surface area contributed by atoms with E-state index in [2.05, 4.69) is 21.3 Å². The smallest absolute Gasteiger partial charge is 0.319 e. The second-order valence-corrected chi connectivity index (χ2v) is 8.18. The molecule has 0 fully saturated rings. The Morgan fingerprint density at radius 3 is 2.56 bits per heavy atom. The summed E-state index contributed by atoms with van der Waals surface area (Å²) in [6.07, 6.45) is 0.775. The Kier molecular flexibility index (Phi) is 6.62. The first-order chi connectivity index (χ1) is 15.6. The standard InChI is InChI=1S/C24H26N2O5S/c1-4-31-23(28)13-25-12-20(27)19-10-17(16-6-8-32-14-16)24-18-11-22(30-3)21(29-2)9-15(18)5-7-26(19)24/h6,8-11,14,25H,4-5,7,12-13H2,1-3H3. The lowest BCUT2D eigenvalue weighted by Crippen LogP contribution is -2.31. The first-order valence-electron chi connectivity index (χ1n) is 10.5. The van der Waals surface area contributed by atoms with Crippen molar-refractivity contribution >= 4 is 23.1 Å². The Bertz CT molecular complexity index is 1130. The Labute approximate surface area is 190 Å². The minimum atomic E-state index is -0.369. The van der Waals surface area contributed by atoms with E-state index in [1.54, 1.807) is 32.5 Å². The largest absolute Gasteiger partial charge is 0.493 e. The molecule has 1 aliphatic heterocycles. The highest BCUT2D eigenvalue weighted by Gasteiger charge is 2.28. The maximum atomic E-state index is 13.1. The molecule has 0 bridgehead atoms. The number of ether oxygens (including phenoxy) is 3. The minimum Gasteiger partial charge on any atom is -0.493 e. The molecule has 0 saturated carbocycles. The maximum absolute atomic E-state index is 13.1. The number of rotatable bonds is 9. The normalized spacial score (nSPS) is 12.1. The van der Waals surface area contributed by atoms with Gasteiger partial charge in [0.05, 0.1) is 45.3 Å². The van der Waals surface area contributed by atoms with Gasteiger partial charge in [-0.15, -0.1) is 0 Å². The van der Waals surface area contributed by atoms with Crippen molar-refractivity contribution < 1.29 is 23.8 Å². The van der Waals surface area contributed by atoms with Gasteiger partial charge < -0.3 is 18.8 Å². The third kappa shape index (κ3) is 4.16. The lowest BCUT2D eigenvalue weighted by atomic mass is 9.94. The number of aryl methyl sites for hydroxylation is 1. The summed E-state index contributed by atoms with van der Waals surface area (Å²) in [5.41, 5.74) is 5.89. The molecule has 8 heteroatoms. The molecule has 0 aliphatic carbocycles. The zero-order valence-corrected chi connectivity index (χ0v) is 19.2. The number of Topliss-reactive ketones (excluding diaryl/α,β-unsaturated/α-hetero) is 1. The molecule has 1 aromatic carbocycles. The highest BCUT2D eigenvalue weighted by atomic mass is 32.1. The van der Waals surface area contributed by atoms with Crippen LogP contribution < -0.4 is 14.8 Å². The molecule has 3 aromatic rings. The molecule has 0 atom stereocenters. The van der Waals surface area contributed by atoms with Crippen molar-refractivity contribution in [1.29, 1.82) is 0 Å². The molecule has 0 saturated heterocycles. The number of fused-ring (bicyclic) bond motifs is 3. The molecule has 0 unspecified atom stereocenters. The van der Waals surface area contributed by atoms with Gasteiger partial charge in [-0.1, -0.05) is 0 Å². The van der Waals surface area contributed by atoms with Crippen molar-refractivity contribution in [3.63, 3.8) is 0 Å². The highest BCUT2D eigenvalue weighted by molar-refractivity contribution is 7.08. The summed E-state index contributed by atoms with van der Waals surface area (Å²) in [6.45, 7) is 2.82. The molecule has 0 radical (unpaired) electrons. The number of hydrogen-bond donors (Lipinski definition) is 1. The van der Waals surface area contributed by atoms with Gasteiger partial charge in [0.2, 0.25) is 0 Å². The van der Waals surface area contributed by atoms with Crippen LogP contribution in [-0.4, -0.2) is 50.2 Å². The molecule has 0 spiro atoms. The van der Waals surface area contributed by atoms with E-state index >= 15 is 0 Å². The molecular weight excluding hydrogens is 428 g/mol. The highest BCUT2D eigenvalue weighted by Crippen LogP contribution is 2.44. The van der Waals surface area contributed by atoms with Gasteiger partial charge >= 0.3 is 5.97 Å². The van der Waals surface area contributed by atoms with E-state index in [-0.39, 0.29) is 24.8 Å². The van der Waals surface area contributed by atoms with Crippen LogP contribution in [-0.2, 0) is 22.5 Å². The zero-order chi connectivity index (χ0) is 22.7. The monoisotopic (exact) mass is 454 g/mol. The van der Waals surface area contributed by atoms with Gasteiger partial charge in [-0.2, -0.15) is 11.3 Å². The Morgan fingerprint density at radius 1 is 1.09 bits per heavy atom. The van der Waals surface area contributed by atoms with Gasteiger partial charge in [-0.3, -0.25) is 14.9 Å². The van der Waals surface area contributed by atoms with Crippen LogP contribution in [0.3, 0.4) is 0 Å². The number of nitrogens with one attached hydrogen (secondary N) is 1. The molecule has 2 aromatic heterocycles. The van der Waals surface area contributed by atoms with E-state index in [4.69, 9.17) is 14.2 Å². The summed E-state index contributed by atoms with van der Waals surface area (Å²) in [6, 6.07) is 8.02. The number of thiophene rings is 1. The van der Waals surface area contributed by atoms with E-state index < -0.39 is 0 Å². The molecule has 3 heterocycles. The molecule has 7 nitrogen and oxygen atoms in total. The zero-order valence-electron chi connectivity index (χ0n) is 18.4. The number of benzene rings is 1.